The van der Waals surface area contributed by atoms with E-state index in [2.05, 4.69) is 40.5 Å². The number of likely N-dealkylation sites (N-methyl/N-ethyl adjacent to an activating group) is 3. The maximum absolute atomic E-state index is 11.6. The molecule has 0 aliphatic rings. The van der Waals surface area contributed by atoms with Crippen LogP contribution in [0.5, 0.6) is 0 Å². The second kappa shape index (κ2) is 14.0. The highest BCUT2D eigenvalue weighted by Crippen LogP contribution is 1.95. The molecule has 0 rings (SSSR count). The van der Waals surface area contributed by atoms with Crippen LogP contribution in [0.1, 0.15) is 6.92 Å². The van der Waals surface area contributed by atoms with Crippen LogP contribution in [-0.2, 0) is 19.1 Å². The summed E-state index contributed by atoms with van der Waals surface area (Å²) in [5.74, 6) is -0.509. The van der Waals surface area contributed by atoms with Crippen LogP contribution >= 0.6 is 0 Å². The molecule has 0 aliphatic carbocycles. The molecule has 8 heteroatoms. The van der Waals surface area contributed by atoms with Crippen LogP contribution < -0.4 is 0 Å². The van der Waals surface area contributed by atoms with E-state index in [1.165, 1.54) is 14.2 Å². The minimum Gasteiger partial charge on any atom is -0.468 e. The molecular weight excluding hydrogens is 324 g/mol. The summed E-state index contributed by atoms with van der Waals surface area (Å²) in [4.78, 5) is 31.4. The summed E-state index contributed by atoms with van der Waals surface area (Å²) >= 11 is 0. The molecule has 0 unspecified atom stereocenters. The van der Waals surface area contributed by atoms with Gasteiger partial charge in [0.2, 0.25) is 0 Å². The Hall–Kier alpha value is -1.22. The summed E-state index contributed by atoms with van der Waals surface area (Å²) in [6.07, 6.45) is 0. The van der Waals surface area contributed by atoms with Gasteiger partial charge in [-0.25, -0.2) is 0 Å². The zero-order valence-corrected chi connectivity index (χ0v) is 16.8. The Balaban J connectivity index is 4.32. The van der Waals surface area contributed by atoms with Crippen LogP contribution in [0.25, 0.3) is 0 Å². The monoisotopic (exact) mass is 360 g/mol. The van der Waals surface area contributed by atoms with Gasteiger partial charge in [-0.2, -0.15) is 0 Å². The third-order valence-electron chi connectivity index (χ3n) is 4.21. The largest absolute Gasteiger partial charge is 0.468 e. The fraction of sp³-hybridized carbons (Fsp3) is 0.882. The molecule has 0 aromatic heterocycles. The van der Waals surface area contributed by atoms with Crippen molar-refractivity contribution >= 4 is 11.9 Å². The number of methoxy groups -OCH3 is 2. The quantitative estimate of drug-likeness (QED) is 0.382. The van der Waals surface area contributed by atoms with E-state index in [1.54, 1.807) is 0 Å². The lowest BCUT2D eigenvalue weighted by Crippen LogP contribution is -2.42. The van der Waals surface area contributed by atoms with Crippen LogP contribution in [-0.4, -0.2) is 126 Å². The van der Waals surface area contributed by atoms with Crippen molar-refractivity contribution in [3.63, 3.8) is 0 Å². The molecule has 0 amide bonds. The molecule has 0 bridgehead atoms. The number of hydrogen-bond acceptors (Lipinski definition) is 8. The minimum absolute atomic E-state index is 0.242. The Bertz CT molecular complexity index is 382. The van der Waals surface area contributed by atoms with E-state index in [1.807, 2.05) is 11.9 Å². The number of esters is 2. The molecule has 0 heterocycles. The summed E-state index contributed by atoms with van der Waals surface area (Å²) in [5, 5.41) is 0. The molecule has 0 atom stereocenters. The van der Waals surface area contributed by atoms with Crippen LogP contribution in [0.15, 0.2) is 0 Å². The second-order valence-corrected chi connectivity index (χ2v) is 6.37. The lowest BCUT2D eigenvalue weighted by atomic mass is 10.4. The molecule has 0 saturated carbocycles. The summed E-state index contributed by atoms with van der Waals surface area (Å²) in [6, 6.07) is 0. The average Bonchev–Trinajstić information content (AvgIpc) is 2.61. The molecule has 0 N–H and O–H groups in total. The van der Waals surface area contributed by atoms with E-state index in [4.69, 9.17) is 4.74 Å². The van der Waals surface area contributed by atoms with E-state index in [9.17, 15) is 9.59 Å². The van der Waals surface area contributed by atoms with Gasteiger partial charge in [-0.1, -0.05) is 6.92 Å². The summed E-state index contributed by atoms with van der Waals surface area (Å²) in [6.45, 7) is 8.68. The molecule has 0 aliphatic heterocycles. The maximum atomic E-state index is 11.6. The predicted molar refractivity (Wildman–Crippen MR) is 98.6 cm³/mol. The summed E-state index contributed by atoms with van der Waals surface area (Å²) in [5.41, 5.74) is 0. The van der Waals surface area contributed by atoms with E-state index >= 15 is 0 Å². The Kier molecular flexibility index (Phi) is 13.3. The molecule has 0 saturated heterocycles. The normalized spacial score (nSPS) is 11.6. The van der Waals surface area contributed by atoms with E-state index in [0.29, 0.717) is 13.1 Å². The third kappa shape index (κ3) is 12.7. The fourth-order valence-electron chi connectivity index (χ4n) is 2.12. The van der Waals surface area contributed by atoms with Crippen molar-refractivity contribution in [3.8, 4) is 0 Å². The van der Waals surface area contributed by atoms with Gasteiger partial charge < -0.3 is 19.3 Å². The van der Waals surface area contributed by atoms with Gasteiger partial charge in [0.15, 0.2) is 0 Å². The Morgan fingerprint density at radius 3 is 1.64 bits per heavy atom. The van der Waals surface area contributed by atoms with Gasteiger partial charge in [0.1, 0.15) is 0 Å². The van der Waals surface area contributed by atoms with Crippen molar-refractivity contribution in [1.29, 1.82) is 0 Å². The highest BCUT2D eigenvalue weighted by molar-refractivity contribution is 5.71. The standard InChI is InChI=1S/C17H36N4O4/c1-7-18(2)8-9-19(3)10-12-21(15-17(23)25-6)13-11-20(4)14-16(22)24-5/h7-15H2,1-6H3. The second-order valence-electron chi connectivity index (χ2n) is 6.37. The number of hydrogen-bond donors (Lipinski definition) is 0. The van der Waals surface area contributed by atoms with Gasteiger partial charge in [-0.3, -0.25) is 19.4 Å². The molecule has 0 aromatic rings. The van der Waals surface area contributed by atoms with Crippen molar-refractivity contribution in [2.75, 3.05) is 94.3 Å². The van der Waals surface area contributed by atoms with Crippen molar-refractivity contribution in [2.24, 2.45) is 0 Å². The number of rotatable bonds is 14. The highest BCUT2D eigenvalue weighted by Gasteiger charge is 2.14. The molecule has 0 spiro atoms. The van der Waals surface area contributed by atoms with Gasteiger partial charge >= 0.3 is 11.9 Å². The van der Waals surface area contributed by atoms with Crippen molar-refractivity contribution in [3.05, 3.63) is 0 Å². The van der Waals surface area contributed by atoms with E-state index in [0.717, 1.165) is 32.7 Å². The van der Waals surface area contributed by atoms with Crippen molar-refractivity contribution < 1.29 is 19.1 Å². The molecule has 0 fully saturated rings. The fourth-order valence-corrected chi connectivity index (χ4v) is 2.12. The first kappa shape index (κ1) is 23.8. The van der Waals surface area contributed by atoms with Gasteiger partial charge in [0.25, 0.3) is 0 Å². The van der Waals surface area contributed by atoms with Crippen LogP contribution in [0.3, 0.4) is 0 Å². The number of carbonyl (C=O) groups is 2. The number of carbonyl (C=O) groups excluding carboxylic acids is 2. The topological polar surface area (TPSA) is 65.6 Å². The first-order valence-electron chi connectivity index (χ1n) is 8.73. The third-order valence-corrected chi connectivity index (χ3v) is 4.21. The summed E-state index contributed by atoms with van der Waals surface area (Å²) < 4.78 is 9.45. The number of nitrogens with zero attached hydrogens (tertiary/aromatic N) is 4. The van der Waals surface area contributed by atoms with Crippen LogP contribution in [0.4, 0.5) is 0 Å². The average molecular weight is 360 g/mol. The Morgan fingerprint density at radius 1 is 0.680 bits per heavy atom. The molecule has 25 heavy (non-hydrogen) atoms. The SMILES string of the molecule is CCN(C)CCN(C)CCN(CCN(C)CC(=O)OC)CC(=O)OC. The number of ether oxygens (including phenoxy) is 2. The molecule has 8 nitrogen and oxygen atoms in total. The smallest absolute Gasteiger partial charge is 0.319 e. The van der Waals surface area contributed by atoms with Crippen LogP contribution in [0.2, 0.25) is 0 Å². The van der Waals surface area contributed by atoms with Gasteiger partial charge in [-0.15, -0.1) is 0 Å². The first-order chi connectivity index (χ1) is 11.8. The summed E-state index contributed by atoms with van der Waals surface area (Å²) in [7, 11) is 8.83. The lowest BCUT2D eigenvalue weighted by molar-refractivity contribution is -0.143. The molecule has 0 radical (unpaired) electrons. The van der Waals surface area contributed by atoms with Gasteiger partial charge in [0, 0.05) is 39.3 Å². The van der Waals surface area contributed by atoms with Crippen molar-refractivity contribution in [1.82, 2.24) is 19.6 Å². The maximum Gasteiger partial charge on any atom is 0.319 e. The zero-order valence-electron chi connectivity index (χ0n) is 16.8. The van der Waals surface area contributed by atoms with E-state index < -0.39 is 0 Å². The van der Waals surface area contributed by atoms with E-state index in [-0.39, 0.29) is 25.0 Å². The Labute approximate surface area is 152 Å². The molecule has 148 valence electrons. The predicted octanol–water partition coefficient (Wildman–Crippen LogP) is -0.550. The lowest BCUT2D eigenvalue weighted by Gasteiger charge is -2.27. The van der Waals surface area contributed by atoms with Crippen LogP contribution in [0, 0.1) is 0 Å². The molecular formula is C17H36N4O4. The van der Waals surface area contributed by atoms with Crippen molar-refractivity contribution in [2.45, 2.75) is 6.92 Å². The zero-order chi connectivity index (χ0) is 19.2. The van der Waals surface area contributed by atoms with Gasteiger partial charge in [-0.05, 0) is 27.7 Å². The highest BCUT2D eigenvalue weighted by atomic mass is 16.5. The van der Waals surface area contributed by atoms with Gasteiger partial charge in [0.05, 0.1) is 27.3 Å². The Morgan fingerprint density at radius 2 is 1.12 bits per heavy atom. The molecule has 0 aromatic carbocycles. The first-order valence-corrected chi connectivity index (χ1v) is 8.73. The minimum atomic E-state index is -0.262.